The summed E-state index contributed by atoms with van der Waals surface area (Å²) in [5, 5.41) is 6.27. The van der Waals surface area contributed by atoms with Crippen LogP contribution in [0.3, 0.4) is 0 Å². The van der Waals surface area contributed by atoms with Crippen molar-refractivity contribution in [2.45, 2.75) is 26.0 Å². The maximum Gasteiger partial charge on any atom is 0.250 e. The van der Waals surface area contributed by atoms with E-state index in [-0.39, 0.29) is 24.4 Å². The van der Waals surface area contributed by atoms with E-state index in [1.54, 1.807) is 7.11 Å². The fraction of sp³-hybridized carbons (Fsp3) is 0.562. The second-order valence-electron chi connectivity index (χ2n) is 5.57. The lowest BCUT2D eigenvalue weighted by atomic mass is 9.95. The van der Waals surface area contributed by atoms with Gasteiger partial charge in [0.25, 0.3) is 5.91 Å². The van der Waals surface area contributed by atoms with Crippen LogP contribution in [0.4, 0.5) is 0 Å². The molecule has 2 N–H and O–H groups in total. The van der Waals surface area contributed by atoms with Crippen molar-refractivity contribution in [3.05, 3.63) is 29.8 Å². The van der Waals surface area contributed by atoms with Crippen LogP contribution in [0.15, 0.2) is 24.3 Å². The molecule has 2 rings (SSSR count). The third-order valence-electron chi connectivity index (χ3n) is 3.66. The number of carbonyl (C=O) groups excluding carboxylic acids is 1. The number of hydrogen-bond donors (Lipinski definition) is 2. The minimum Gasteiger partial charge on any atom is -0.497 e. The van der Waals surface area contributed by atoms with Crippen molar-refractivity contribution in [1.29, 1.82) is 0 Å². The minimum absolute atomic E-state index is 0. The number of ether oxygens (including phenoxy) is 2. The molecule has 0 bridgehead atoms. The molecule has 1 aliphatic heterocycles. The Hall–Kier alpha value is -1.30. The van der Waals surface area contributed by atoms with Crippen LogP contribution in [-0.2, 0) is 9.53 Å². The number of hydrogen-bond acceptors (Lipinski definition) is 4. The van der Waals surface area contributed by atoms with Crippen molar-refractivity contribution >= 4 is 18.3 Å². The summed E-state index contributed by atoms with van der Waals surface area (Å²) in [4.78, 5) is 12.3. The third kappa shape index (κ3) is 4.87. The van der Waals surface area contributed by atoms with E-state index in [1.165, 1.54) is 0 Å². The molecule has 2 atom stereocenters. The zero-order valence-corrected chi connectivity index (χ0v) is 14.1. The van der Waals surface area contributed by atoms with Crippen molar-refractivity contribution in [2.24, 2.45) is 5.92 Å². The van der Waals surface area contributed by atoms with E-state index in [4.69, 9.17) is 9.47 Å². The average Bonchev–Trinajstić information content (AvgIpc) is 2.53. The number of methoxy groups -OCH3 is 1. The molecular formula is C16H25ClN2O3. The topological polar surface area (TPSA) is 59.6 Å². The molecule has 0 saturated carbocycles. The summed E-state index contributed by atoms with van der Waals surface area (Å²) >= 11 is 0. The van der Waals surface area contributed by atoms with Gasteiger partial charge in [-0.2, -0.15) is 0 Å². The molecule has 6 heteroatoms. The molecule has 22 heavy (non-hydrogen) atoms. The Balaban J connectivity index is 0.00000242. The molecule has 1 aromatic carbocycles. The Morgan fingerprint density at radius 3 is 2.55 bits per heavy atom. The first-order valence-electron chi connectivity index (χ1n) is 7.38. The van der Waals surface area contributed by atoms with E-state index < -0.39 is 6.10 Å². The maximum absolute atomic E-state index is 12.3. The first kappa shape index (κ1) is 18.7. The number of amides is 1. The molecule has 1 saturated heterocycles. The Labute approximate surface area is 138 Å². The molecule has 1 heterocycles. The Kier molecular flexibility index (Phi) is 7.65. The first-order chi connectivity index (χ1) is 10.1. The van der Waals surface area contributed by atoms with Crippen molar-refractivity contribution in [1.82, 2.24) is 10.6 Å². The number of benzene rings is 1. The van der Waals surface area contributed by atoms with Gasteiger partial charge in [-0.25, -0.2) is 0 Å². The van der Waals surface area contributed by atoms with E-state index >= 15 is 0 Å². The van der Waals surface area contributed by atoms with Gasteiger partial charge in [0.05, 0.1) is 19.8 Å². The molecule has 0 aliphatic carbocycles. The van der Waals surface area contributed by atoms with Crippen LogP contribution in [0.25, 0.3) is 0 Å². The van der Waals surface area contributed by atoms with E-state index in [1.807, 2.05) is 24.3 Å². The molecular weight excluding hydrogens is 304 g/mol. The molecule has 0 radical (unpaired) electrons. The van der Waals surface area contributed by atoms with Gasteiger partial charge >= 0.3 is 0 Å². The monoisotopic (exact) mass is 328 g/mol. The van der Waals surface area contributed by atoms with Gasteiger partial charge in [0, 0.05) is 13.1 Å². The molecule has 124 valence electrons. The Morgan fingerprint density at radius 2 is 2.05 bits per heavy atom. The van der Waals surface area contributed by atoms with Crippen LogP contribution in [0.2, 0.25) is 0 Å². The van der Waals surface area contributed by atoms with Gasteiger partial charge < -0.3 is 20.1 Å². The number of halogens is 1. The van der Waals surface area contributed by atoms with Gasteiger partial charge in [0.2, 0.25) is 0 Å². The highest BCUT2D eigenvalue weighted by Crippen LogP contribution is 2.24. The molecule has 0 spiro atoms. The smallest absolute Gasteiger partial charge is 0.250 e. The lowest BCUT2D eigenvalue weighted by molar-refractivity contribution is -0.135. The largest absolute Gasteiger partial charge is 0.497 e. The Bertz CT molecular complexity index is 459. The highest BCUT2D eigenvalue weighted by molar-refractivity contribution is 5.85. The number of carbonyl (C=O) groups is 1. The first-order valence-corrected chi connectivity index (χ1v) is 7.38. The summed E-state index contributed by atoms with van der Waals surface area (Å²) in [5.41, 5.74) is 1.07. The van der Waals surface area contributed by atoms with Crippen molar-refractivity contribution in [2.75, 3.05) is 26.8 Å². The second kappa shape index (κ2) is 8.98. The lowest BCUT2D eigenvalue weighted by Gasteiger charge is -2.28. The predicted molar refractivity (Wildman–Crippen MR) is 88.6 cm³/mol. The maximum atomic E-state index is 12.3. The van der Waals surface area contributed by atoms with Crippen LogP contribution in [0.1, 0.15) is 25.5 Å². The van der Waals surface area contributed by atoms with Gasteiger partial charge in [-0.05, 0) is 23.6 Å². The zero-order valence-electron chi connectivity index (χ0n) is 13.3. The van der Waals surface area contributed by atoms with Crippen LogP contribution < -0.4 is 15.4 Å². The third-order valence-corrected chi connectivity index (χ3v) is 3.66. The zero-order chi connectivity index (χ0) is 15.2. The molecule has 2 unspecified atom stereocenters. The lowest BCUT2D eigenvalue weighted by Crippen LogP contribution is -2.49. The van der Waals surface area contributed by atoms with Crippen molar-refractivity contribution in [3.8, 4) is 5.75 Å². The average molecular weight is 329 g/mol. The molecule has 1 aromatic rings. The summed E-state index contributed by atoms with van der Waals surface area (Å²) in [6, 6.07) is 7.77. The fourth-order valence-electron chi connectivity index (χ4n) is 2.43. The number of rotatable bonds is 5. The van der Waals surface area contributed by atoms with Crippen LogP contribution in [0, 0.1) is 5.92 Å². The van der Waals surface area contributed by atoms with Gasteiger partial charge in [0.1, 0.15) is 11.9 Å². The molecule has 1 amide bonds. The highest BCUT2D eigenvalue weighted by atomic mass is 35.5. The minimum atomic E-state index is -0.404. The summed E-state index contributed by atoms with van der Waals surface area (Å²) in [7, 11) is 1.64. The van der Waals surface area contributed by atoms with Crippen LogP contribution in [0.5, 0.6) is 5.75 Å². The van der Waals surface area contributed by atoms with Crippen molar-refractivity contribution < 1.29 is 14.3 Å². The van der Waals surface area contributed by atoms with E-state index in [0.717, 1.165) is 17.9 Å². The van der Waals surface area contributed by atoms with Gasteiger partial charge in [-0.15, -0.1) is 12.4 Å². The number of morpholine rings is 1. The summed E-state index contributed by atoms with van der Waals surface area (Å²) in [5.74, 6) is 1.04. The molecule has 1 fully saturated rings. The SMILES string of the molecule is COc1ccc(C(NC(=O)C2CNCCO2)C(C)C)cc1.Cl. The fourth-order valence-corrected chi connectivity index (χ4v) is 2.43. The number of nitrogens with one attached hydrogen (secondary N) is 2. The second-order valence-corrected chi connectivity index (χ2v) is 5.57. The normalized spacial score (nSPS) is 19.2. The van der Waals surface area contributed by atoms with Crippen LogP contribution in [-0.4, -0.2) is 38.8 Å². The standard InChI is InChI=1S/C16H24N2O3.ClH/c1-11(2)15(12-4-6-13(20-3)7-5-12)18-16(19)14-10-17-8-9-21-14;/h4-7,11,14-15,17H,8-10H2,1-3H3,(H,18,19);1H. The van der Waals surface area contributed by atoms with Gasteiger partial charge in [-0.3, -0.25) is 4.79 Å². The van der Waals surface area contributed by atoms with Crippen molar-refractivity contribution in [3.63, 3.8) is 0 Å². The summed E-state index contributed by atoms with van der Waals surface area (Å²) in [6.45, 7) is 6.13. The quantitative estimate of drug-likeness (QED) is 0.867. The van der Waals surface area contributed by atoms with E-state index in [2.05, 4.69) is 24.5 Å². The van der Waals surface area contributed by atoms with Gasteiger partial charge in [0.15, 0.2) is 0 Å². The molecule has 0 aromatic heterocycles. The van der Waals surface area contributed by atoms with E-state index in [0.29, 0.717) is 19.1 Å². The molecule has 5 nitrogen and oxygen atoms in total. The van der Waals surface area contributed by atoms with Gasteiger partial charge in [-0.1, -0.05) is 26.0 Å². The molecule has 1 aliphatic rings. The highest BCUT2D eigenvalue weighted by Gasteiger charge is 2.26. The predicted octanol–water partition coefficient (Wildman–Crippen LogP) is 1.92. The summed E-state index contributed by atoms with van der Waals surface area (Å²) in [6.07, 6.45) is -0.404. The van der Waals surface area contributed by atoms with E-state index in [9.17, 15) is 4.79 Å². The Morgan fingerprint density at radius 1 is 1.36 bits per heavy atom. The van der Waals surface area contributed by atoms with Crippen LogP contribution >= 0.6 is 12.4 Å². The summed E-state index contributed by atoms with van der Waals surface area (Å²) < 4.78 is 10.7.